The summed E-state index contributed by atoms with van der Waals surface area (Å²) in [5.41, 5.74) is 0.923. The Morgan fingerprint density at radius 1 is 1.28 bits per heavy atom. The van der Waals surface area contributed by atoms with E-state index in [0.717, 1.165) is 18.4 Å². The summed E-state index contributed by atoms with van der Waals surface area (Å²) in [7, 11) is 3.22. The fourth-order valence-corrected chi connectivity index (χ4v) is 2.99. The number of hydrogen-bond acceptors (Lipinski definition) is 5. The van der Waals surface area contributed by atoms with Gasteiger partial charge in [0.05, 0.1) is 27.0 Å². The van der Waals surface area contributed by atoms with E-state index in [9.17, 15) is 4.79 Å². The van der Waals surface area contributed by atoms with Gasteiger partial charge in [0.15, 0.2) is 11.5 Å². The minimum atomic E-state index is -0.0107. The van der Waals surface area contributed by atoms with Crippen molar-refractivity contribution in [1.29, 1.82) is 0 Å². The Bertz CT molecular complexity index is 723. The highest BCUT2D eigenvalue weighted by molar-refractivity contribution is 5.91. The van der Waals surface area contributed by atoms with Gasteiger partial charge in [0.1, 0.15) is 5.82 Å². The van der Waals surface area contributed by atoms with Gasteiger partial charge in [-0.25, -0.2) is 4.68 Å². The first-order chi connectivity index (χ1) is 12.2. The summed E-state index contributed by atoms with van der Waals surface area (Å²) in [5, 5.41) is 7.30. The third-order valence-electron chi connectivity index (χ3n) is 4.36. The number of carbonyl (C=O) groups excluding carboxylic acids is 1. The molecule has 0 spiro atoms. The normalized spacial score (nSPS) is 15.0. The molecular formula is C18H23N3O4. The van der Waals surface area contributed by atoms with Crippen LogP contribution in [-0.2, 0) is 16.1 Å². The lowest BCUT2D eigenvalue weighted by Crippen LogP contribution is -2.29. The first kappa shape index (κ1) is 17.3. The van der Waals surface area contributed by atoms with E-state index in [4.69, 9.17) is 14.2 Å². The van der Waals surface area contributed by atoms with Crippen molar-refractivity contribution in [1.82, 2.24) is 9.78 Å². The second kappa shape index (κ2) is 8.02. The summed E-state index contributed by atoms with van der Waals surface area (Å²) in [4.78, 5) is 12.4. The van der Waals surface area contributed by atoms with Gasteiger partial charge in [0.2, 0.25) is 5.91 Å². The van der Waals surface area contributed by atoms with Crippen LogP contribution in [-0.4, -0.2) is 43.1 Å². The molecule has 0 unspecified atom stereocenters. The van der Waals surface area contributed by atoms with Crippen LogP contribution in [0.15, 0.2) is 30.5 Å². The van der Waals surface area contributed by atoms with Crippen molar-refractivity contribution in [3.05, 3.63) is 36.0 Å². The topological polar surface area (TPSA) is 74.6 Å². The average Bonchev–Trinajstić information content (AvgIpc) is 3.08. The number of amides is 1. The minimum absolute atomic E-state index is 0.0107. The maximum Gasteiger partial charge on any atom is 0.228 e. The third-order valence-corrected chi connectivity index (χ3v) is 4.36. The zero-order valence-electron chi connectivity index (χ0n) is 14.5. The van der Waals surface area contributed by atoms with Crippen molar-refractivity contribution < 1.29 is 19.0 Å². The highest BCUT2D eigenvalue weighted by Gasteiger charge is 2.22. The number of nitrogens with one attached hydrogen (secondary N) is 1. The van der Waals surface area contributed by atoms with Crippen molar-refractivity contribution in [3.8, 4) is 11.5 Å². The molecule has 1 N–H and O–H groups in total. The standard InChI is InChI=1S/C18H23N3O4/c1-23-15-5-3-4-14(17(15)24-2)12-21-16(6-9-19-21)20-18(22)13-7-10-25-11-8-13/h3-6,9,13H,7-8,10-12H2,1-2H3,(H,20,22). The Hall–Kier alpha value is -2.54. The lowest BCUT2D eigenvalue weighted by molar-refractivity contribution is -0.122. The summed E-state index contributed by atoms with van der Waals surface area (Å²) < 4.78 is 17.9. The molecule has 1 aliphatic heterocycles. The fourth-order valence-electron chi connectivity index (χ4n) is 2.99. The molecule has 0 bridgehead atoms. The maximum absolute atomic E-state index is 12.4. The van der Waals surface area contributed by atoms with Crippen molar-refractivity contribution >= 4 is 11.7 Å². The minimum Gasteiger partial charge on any atom is -0.493 e. The van der Waals surface area contributed by atoms with E-state index in [1.165, 1.54) is 0 Å². The number of methoxy groups -OCH3 is 2. The van der Waals surface area contributed by atoms with Crippen LogP contribution < -0.4 is 14.8 Å². The van der Waals surface area contributed by atoms with E-state index >= 15 is 0 Å². The van der Waals surface area contributed by atoms with E-state index in [2.05, 4.69) is 10.4 Å². The largest absolute Gasteiger partial charge is 0.493 e. The molecule has 1 aromatic heterocycles. The predicted molar refractivity (Wildman–Crippen MR) is 93.0 cm³/mol. The Morgan fingerprint density at radius 3 is 2.80 bits per heavy atom. The molecule has 0 saturated carbocycles. The van der Waals surface area contributed by atoms with Crippen LogP contribution in [0.4, 0.5) is 5.82 Å². The smallest absolute Gasteiger partial charge is 0.228 e. The van der Waals surface area contributed by atoms with Crippen LogP contribution in [0.5, 0.6) is 11.5 Å². The van der Waals surface area contributed by atoms with Gasteiger partial charge in [0, 0.05) is 30.8 Å². The fraction of sp³-hybridized carbons (Fsp3) is 0.444. The van der Waals surface area contributed by atoms with Gasteiger partial charge in [-0.1, -0.05) is 12.1 Å². The van der Waals surface area contributed by atoms with Gasteiger partial charge >= 0.3 is 0 Å². The zero-order chi connectivity index (χ0) is 17.6. The quantitative estimate of drug-likeness (QED) is 0.870. The molecular weight excluding hydrogens is 322 g/mol. The molecule has 7 heteroatoms. The Kier molecular flexibility index (Phi) is 5.55. The molecule has 0 radical (unpaired) electrons. The number of benzene rings is 1. The highest BCUT2D eigenvalue weighted by Crippen LogP contribution is 2.31. The van der Waals surface area contributed by atoms with Crippen LogP contribution in [0.3, 0.4) is 0 Å². The van der Waals surface area contributed by atoms with E-state index in [1.807, 2.05) is 18.2 Å². The summed E-state index contributed by atoms with van der Waals surface area (Å²) in [5.74, 6) is 2.01. The highest BCUT2D eigenvalue weighted by atomic mass is 16.5. The Morgan fingerprint density at radius 2 is 2.08 bits per heavy atom. The molecule has 7 nitrogen and oxygen atoms in total. The van der Waals surface area contributed by atoms with Crippen molar-refractivity contribution in [2.24, 2.45) is 5.92 Å². The monoisotopic (exact) mass is 345 g/mol. The van der Waals surface area contributed by atoms with E-state index < -0.39 is 0 Å². The second-order valence-corrected chi connectivity index (χ2v) is 5.90. The first-order valence-electron chi connectivity index (χ1n) is 8.33. The zero-order valence-corrected chi connectivity index (χ0v) is 14.5. The lowest BCUT2D eigenvalue weighted by Gasteiger charge is -2.21. The van der Waals surface area contributed by atoms with Gasteiger partial charge < -0.3 is 19.5 Å². The molecule has 1 amide bonds. The lowest BCUT2D eigenvalue weighted by atomic mass is 9.99. The molecule has 2 heterocycles. The molecule has 0 aliphatic carbocycles. The van der Waals surface area contributed by atoms with Crippen LogP contribution >= 0.6 is 0 Å². The van der Waals surface area contributed by atoms with Gasteiger partial charge in [0.25, 0.3) is 0 Å². The summed E-state index contributed by atoms with van der Waals surface area (Å²) in [6.07, 6.45) is 3.18. The van der Waals surface area contributed by atoms with E-state index in [1.54, 1.807) is 31.2 Å². The van der Waals surface area contributed by atoms with Crippen LogP contribution in [0, 0.1) is 5.92 Å². The van der Waals surface area contributed by atoms with Crippen LogP contribution in [0.25, 0.3) is 0 Å². The maximum atomic E-state index is 12.4. The van der Waals surface area contributed by atoms with Gasteiger partial charge in [-0.15, -0.1) is 0 Å². The number of hydrogen-bond donors (Lipinski definition) is 1. The molecule has 1 fully saturated rings. The number of ether oxygens (including phenoxy) is 3. The molecule has 25 heavy (non-hydrogen) atoms. The number of carbonyl (C=O) groups is 1. The SMILES string of the molecule is COc1cccc(Cn2nccc2NC(=O)C2CCOCC2)c1OC. The van der Waals surface area contributed by atoms with E-state index in [0.29, 0.717) is 37.1 Å². The molecule has 1 aliphatic rings. The molecule has 3 rings (SSSR count). The van der Waals surface area contributed by atoms with Gasteiger partial charge in [-0.2, -0.15) is 5.10 Å². The molecule has 1 aromatic carbocycles. The number of rotatable bonds is 6. The van der Waals surface area contributed by atoms with Gasteiger partial charge in [-0.3, -0.25) is 4.79 Å². The average molecular weight is 345 g/mol. The second-order valence-electron chi connectivity index (χ2n) is 5.90. The summed E-state index contributed by atoms with van der Waals surface area (Å²) in [6, 6.07) is 7.50. The first-order valence-corrected chi connectivity index (χ1v) is 8.33. The molecule has 1 saturated heterocycles. The van der Waals surface area contributed by atoms with Crippen LogP contribution in [0.2, 0.25) is 0 Å². The Balaban J connectivity index is 1.75. The molecule has 2 aromatic rings. The third kappa shape index (κ3) is 3.93. The van der Waals surface area contributed by atoms with Gasteiger partial charge in [-0.05, 0) is 18.9 Å². The molecule has 134 valence electrons. The Labute approximate surface area is 146 Å². The van der Waals surface area contributed by atoms with Crippen molar-refractivity contribution in [3.63, 3.8) is 0 Å². The summed E-state index contributed by atoms with van der Waals surface area (Å²) in [6.45, 7) is 1.74. The van der Waals surface area contributed by atoms with Crippen molar-refractivity contribution in [2.75, 3.05) is 32.8 Å². The van der Waals surface area contributed by atoms with E-state index in [-0.39, 0.29) is 11.8 Å². The van der Waals surface area contributed by atoms with Crippen LogP contribution in [0.1, 0.15) is 18.4 Å². The molecule has 0 atom stereocenters. The number of aromatic nitrogens is 2. The predicted octanol–water partition coefficient (Wildman–Crippen LogP) is 2.31. The number of nitrogens with zero attached hydrogens (tertiary/aromatic N) is 2. The number of para-hydroxylation sites is 1. The van der Waals surface area contributed by atoms with Crippen molar-refractivity contribution in [2.45, 2.75) is 19.4 Å². The number of anilines is 1. The summed E-state index contributed by atoms with van der Waals surface area (Å²) >= 11 is 0.